The zero-order valence-electron chi connectivity index (χ0n) is 14.7. The van der Waals surface area contributed by atoms with Crippen molar-refractivity contribution < 1.29 is 18.0 Å². The summed E-state index contributed by atoms with van der Waals surface area (Å²) in [6.45, 7) is 0.252. The van der Waals surface area contributed by atoms with Gasteiger partial charge < -0.3 is 9.88 Å². The Balaban J connectivity index is 1.40. The summed E-state index contributed by atoms with van der Waals surface area (Å²) in [6, 6.07) is 11.0. The van der Waals surface area contributed by atoms with Gasteiger partial charge in [0.25, 0.3) is 5.91 Å². The molecule has 2 aromatic heterocycles. The summed E-state index contributed by atoms with van der Waals surface area (Å²) in [7, 11) is 0. The van der Waals surface area contributed by atoms with Gasteiger partial charge in [-0.25, -0.2) is 0 Å². The average molecular weight is 390 g/mol. The number of hydrogen-bond acceptors (Lipinski definition) is 4. The highest BCUT2D eigenvalue weighted by molar-refractivity contribution is 5.93. The number of nitrogens with zero attached hydrogens (tertiary/aromatic N) is 4. The summed E-state index contributed by atoms with van der Waals surface area (Å²) in [5.74, 6) is -1.04. The third-order valence-electron chi connectivity index (χ3n) is 4.80. The SMILES string of the molecule is O=C(NCc1nnc2n1CCC(C(F)(F)F)C2)c1cc(-c2ccccc2)n[nH]1. The Kier molecular flexibility index (Phi) is 4.62. The van der Waals surface area contributed by atoms with Crippen molar-refractivity contribution in [1.82, 2.24) is 30.3 Å². The van der Waals surface area contributed by atoms with Crippen LogP contribution in [0.1, 0.15) is 28.6 Å². The minimum atomic E-state index is -4.23. The van der Waals surface area contributed by atoms with Crippen LogP contribution in [0.15, 0.2) is 36.4 Å². The van der Waals surface area contributed by atoms with Crippen LogP contribution < -0.4 is 5.32 Å². The summed E-state index contributed by atoms with van der Waals surface area (Å²) in [5, 5.41) is 17.3. The quantitative estimate of drug-likeness (QED) is 0.717. The Morgan fingerprint density at radius 3 is 2.79 bits per heavy atom. The highest BCUT2D eigenvalue weighted by Gasteiger charge is 2.42. The lowest BCUT2D eigenvalue weighted by Crippen LogP contribution is -2.32. The number of alkyl halides is 3. The van der Waals surface area contributed by atoms with Crippen molar-refractivity contribution in [2.24, 2.45) is 5.92 Å². The maximum atomic E-state index is 12.9. The molecule has 0 bridgehead atoms. The van der Waals surface area contributed by atoms with Gasteiger partial charge in [0.05, 0.1) is 18.2 Å². The third kappa shape index (κ3) is 3.62. The normalized spacial score (nSPS) is 16.6. The maximum absolute atomic E-state index is 12.9. The largest absolute Gasteiger partial charge is 0.392 e. The van der Waals surface area contributed by atoms with E-state index in [1.54, 1.807) is 10.6 Å². The highest BCUT2D eigenvalue weighted by Crippen LogP contribution is 2.34. The monoisotopic (exact) mass is 390 g/mol. The van der Waals surface area contributed by atoms with E-state index in [-0.39, 0.29) is 37.5 Å². The van der Waals surface area contributed by atoms with Crippen LogP contribution in [0.4, 0.5) is 13.2 Å². The Bertz CT molecular complexity index is 979. The lowest BCUT2D eigenvalue weighted by Gasteiger charge is -2.25. The number of amides is 1. The zero-order chi connectivity index (χ0) is 19.7. The van der Waals surface area contributed by atoms with E-state index in [1.807, 2.05) is 30.3 Å². The van der Waals surface area contributed by atoms with Crippen LogP contribution in [-0.2, 0) is 19.5 Å². The predicted octanol–water partition coefficient (Wildman–Crippen LogP) is 2.72. The van der Waals surface area contributed by atoms with Gasteiger partial charge in [-0.05, 0) is 12.5 Å². The van der Waals surface area contributed by atoms with Crippen LogP contribution in [0, 0.1) is 5.92 Å². The fraction of sp³-hybridized carbons (Fsp3) is 0.333. The van der Waals surface area contributed by atoms with Gasteiger partial charge in [-0.15, -0.1) is 10.2 Å². The number of aromatic nitrogens is 5. The summed E-state index contributed by atoms with van der Waals surface area (Å²) in [5.41, 5.74) is 1.81. The molecule has 0 aliphatic carbocycles. The smallest absolute Gasteiger partial charge is 0.343 e. The number of halogens is 3. The van der Waals surface area contributed by atoms with Crippen LogP contribution in [0.5, 0.6) is 0 Å². The van der Waals surface area contributed by atoms with Crippen molar-refractivity contribution in [3.8, 4) is 11.3 Å². The molecule has 28 heavy (non-hydrogen) atoms. The summed E-state index contributed by atoms with van der Waals surface area (Å²) in [4.78, 5) is 12.3. The molecule has 0 fully saturated rings. The van der Waals surface area contributed by atoms with Crippen molar-refractivity contribution in [2.45, 2.75) is 32.1 Å². The lowest BCUT2D eigenvalue weighted by molar-refractivity contribution is -0.179. The fourth-order valence-electron chi connectivity index (χ4n) is 3.25. The Morgan fingerprint density at radius 2 is 2.04 bits per heavy atom. The van der Waals surface area contributed by atoms with Crippen LogP contribution in [-0.4, -0.2) is 37.0 Å². The van der Waals surface area contributed by atoms with Crippen LogP contribution >= 0.6 is 0 Å². The second-order valence-corrected chi connectivity index (χ2v) is 6.63. The third-order valence-corrected chi connectivity index (χ3v) is 4.80. The molecule has 0 saturated carbocycles. The van der Waals surface area contributed by atoms with Gasteiger partial charge in [-0.3, -0.25) is 9.89 Å². The number of rotatable bonds is 4. The number of fused-ring (bicyclic) bond motifs is 1. The zero-order valence-corrected chi connectivity index (χ0v) is 14.7. The summed E-state index contributed by atoms with van der Waals surface area (Å²) < 4.78 is 40.3. The van der Waals surface area contributed by atoms with E-state index in [0.717, 1.165) is 5.56 Å². The Morgan fingerprint density at radius 1 is 1.25 bits per heavy atom. The molecule has 1 unspecified atom stereocenters. The molecular weight excluding hydrogens is 373 g/mol. The predicted molar refractivity (Wildman–Crippen MR) is 93.1 cm³/mol. The van der Waals surface area contributed by atoms with Crippen LogP contribution in [0.25, 0.3) is 11.3 Å². The van der Waals surface area contributed by atoms with Crippen LogP contribution in [0.3, 0.4) is 0 Å². The van der Waals surface area contributed by atoms with Gasteiger partial charge in [-0.1, -0.05) is 30.3 Å². The van der Waals surface area contributed by atoms with Crippen molar-refractivity contribution in [3.63, 3.8) is 0 Å². The molecule has 10 heteroatoms. The van der Waals surface area contributed by atoms with E-state index < -0.39 is 12.1 Å². The number of benzene rings is 1. The van der Waals surface area contributed by atoms with Gasteiger partial charge >= 0.3 is 6.18 Å². The molecule has 0 spiro atoms. The maximum Gasteiger partial charge on any atom is 0.392 e. The molecular formula is C18H17F3N6O. The number of nitrogens with one attached hydrogen (secondary N) is 2. The fourth-order valence-corrected chi connectivity index (χ4v) is 3.25. The van der Waals surface area contributed by atoms with E-state index in [9.17, 15) is 18.0 Å². The van der Waals surface area contributed by atoms with E-state index in [2.05, 4.69) is 25.7 Å². The molecule has 0 radical (unpaired) electrons. The highest BCUT2D eigenvalue weighted by atomic mass is 19.4. The Labute approximate surface area is 158 Å². The Hall–Kier alpha value is -3.17. The molecule has 4 rings (SSSR count). The van der Waals surface area contributed by atoms with Crippen molar-refractivity contribution >= 4 is 5.91 Å². The van der Waals surface area contributed by atoms with Gasteiger partial charge in [0.1, 0.15) is 11.5 Å². The standard InChI is InChI=1S/C18H17F3N6O/c19-18(20,21)12-6-7-27-15(8-12)25-26-16(27)10-22-17(28)14-9-13(23-24-14)11-4-2-1-3-5-11/h1-5,9,12H,6-8,10H2,(H,22,28)(H,23,24). The lowest BCUT2D eigenvalue weighted by atomic mass is 9.97. The van der Waals surface area contributed by atoms with Crippen LogP contribution in [0.2, 0.25) is 0 Å². The average Bonchev–Trinajstić information content (AvgIpc) is 3.33. The molecule has 1 aliphatic rings. The van der Waals surface area contributed by atoms with Gasteiger partial charge in [0, 0.05) is 18.5 Å². The molecule has 2 N–H and O–H groups in total. The second kappa shape index (κ2) is 7.10. The molecule has 3 aromatic rings. The van der Waals surface area contributed by atoms with E-state index in [0.29, 0.717) is 17.3 Å². The molecule has 3 heterocycles. The summed E-state index contributed by atoms with van der Waals surface area (Å²) >= 11 is 0. The van der Waals surface area contributed by atoms with Crippen molar-refractivity contribution in [3.05, 3.63) is 53.7 Å². The first-order valence-corrected chi connectivity index (χ1v) is 8.78. The van der Waals surface area contributed by atoms with Gasteiger partial charge in [-0.2, -0.15) is 18.3 Å². The molecule has 1 aromatic carbocycles. The number of aromatic amines is 1. The molecule has 0 saturated heterocycles. The first-order chi connectivity index (χ1) is 13.4. The first-order valence-electron chi connectivity index (χ1n) is 8.78. The number of hydrogen-bond donors (Lipinski definition) is 2. The molecule has 1 atom stereocenters. The topological polar surface area (TPSA) is 88.5 Å². The molecule has 146 valence electrons. The van der Waals surface area contributed by atoms with E-state index in [4.69, 9.17) is 0 Å². The molecule has 7 nitrogen and oxygen atoms in total. The van der Waals surface area contributed by atoms with E-state index >= 15 is 0 Å². The van der Waals surface area contributed by atoms with Gasteiger partial charge in [0.2, 0.25) is 0 Å². The molecule has 1 amide bonds. The van der Waals surface area contributed by atoms with Crippen molar-refractivity contribution in [1.29, 1.82) is 0 Å². The molecule has 1 aliphatic heterocycles. The van der Waals surface area contributed by atoms with E-state index in [1.165, 1.54) is 0 Å². The number of H-pyrrole nitrogens is 1. The van der Waals surface area contributed by atoms with Crippen molar-refractivity contribution in [2.75, 3.05) is 0 Å². The second-order valence-electron chi connectivity index (χ2n) is 6.63. The number of carbonyl (C=O) groups excluding carboxylic acids is 1. The van der Waals surface area contributed by atoms with Gasteiger partial charge in [0.15, 0.2) is 5.82 Å². The minimum absolute atomic E-state index is 0.0174. The number of carbonyl (C=O) groups is 1. The summed E-state index contributed by atoms with van der Waals surface area (Å²) in [6.07, 6.45) is -4.44. The first kappa shape index (κ1) is 18.2. The minimum Gasteiger partial charge on any atom is -0.343 e.